The Balaban J connectivity index is 1.31. The summed E-state index contributed by atoms with van der Waals surface area (Å²) in [5, 5.41) is 0. The lowest BCUT2D eigenvalue weighted by Crippen LogP contribution is -2.45. The molecule has 0 bridgehead atoms. The maximum absolute atomic E-state index is 12.0. The third-order valence-corrected chi connectivity index (χ3v) is 5.86. The number of carbonyl (C=O) groups excluding carboxylic acids is 1. The fourth-order valence-electron chi connectivity index (χ4n) is 3.96. The van der Waals surface area contributed by atoms with E-state index in [9.17, 15) is 4.79 Å². The van der Waals surface area contributed by atoms with Gasteiger partial charge in [-0.05, 0) is 42.8 Å². The Morgan fingerprint density at radius 2 is 1.69 bits per heavy atom. The Kier molecular flexibility index (Phi) is 5.81. The van der Waals surface area contributed by atoms with Crippen LogP contribution in [0.2, 0.25) is 0 Å². The van der Waals surface area contributed by atoms with E-state index >= 15 is 0 Å². The normalized spacial score (nSPS) is 20.6. The van der Waals surface area contributed by atoms with E-state index in [0.29, 0.717) is 12.5 Å². The number of piperazine rings is 1. The number of hydrogen-bond acceptors (Lipinski definition) is 5. The highest BCUT2D eigenvalue weighted by Gasteiger charge is 2.31. The van der Waals surface area contributed by atoms with E-state index in [0.717, 1.165) is 56.4 Å². The van der Waals surface area contributed by atoms with Crippen molar-refractivity contribution in [3.05, 3.63) is 47.9 Å². The van der Waals surface area contributed by atoms with E-state index in [1.807, 2.05) is 19.1 Å². The van der Waals surface area contributed by atoms with Gasteiger partial charge in [0.15, 0.2) is 0 Å². The van der Waals surface area contributed by atoms with Crippen molar-refractivity contribution in [3.63, 3.8) is 0 Å². The highest BCUT2D eigenvalue weighted by Crippen LogP contribution is 2.26. The summed E-state index contributed by atoms with van der Waals surface area (Å²) in [5.41, 5.74) is 2.11. The van der Waals surface area contributed by atoms with Crippen molar-refractivity contribution in [1.29, 1.82) is 0 Å². The molecule has 4 rings (SSSR count). The van der Waals surface area contributed by atoms with Gasteiger partial charge in [-0.25, -0.2) is 4.79 Å². The van der Waals surface area contributed by atoms with Crippen molar-refractivity contribution < 1.29 is 13.9 Å². The molecule has 0 aliphatic carbocycles. The monoisotopic (exact) mass is 397 g/mol. The minimum absolute atomic E-state index is 0.000957. The molecule has 2 saturated heterocycles. The number of benzene rings is 1. The number of anilines is 2. The van der Waals surface area contributed by atoms with Gasteiger partial charge in [-0.1, -0.05) is 20.8 Å². The molecule has 6 nitrogen and oxygen atoms in total. The molecule has 1 aromatic carbocycles. The molecule has 2 aliphatic rings. The van der Waals surface area contributed by atoms with Crippen LogP contribution >= 0.6 is 0 Å². The van der Waals surface area contributed by atoms with Crippen molar-refractivity contribution in [1.82, 2.24) is 4.90 Å². The van der Waals surface area contributed by atoms with Gasteiger partial charge in [0.2, 0.25) is 0 Å². The predicted octanol–water partition coefficient (Wildman–Crippen LogP) is 4.46. The molecular weight excluding hydrogens is 366 g/mol. The van der Waals surface area contributed by atoms with Gasteiger partial charge in [-0.3, -0.25) is 9.80 Å². The SMILES string of the molecule is CCC1CN(c2ccc(N3CCN(Cc4ccc(C(C)C)o4)CC3)cc2)C(=O)O1. The Morgan fingerprint density at radius 3 is 2.28 bits per heavy atom. The molecular formula is C23H31N3O3. The molecule has 0 radical (unpaired) electrons. The van der Waals surface area contributed by atoms with Crippen molar-refractivity contribution in [2.45, 2.75) is 45.8 Å². The zero-order chi connectivity index (χ0) is 20.4. The Labute approximate surface area is 173 Å². The van der Waals surface area contributed by atoms with E-state index in [2.05, 4.69) is 47.9 Å². The van der Waals surface area contributed by atoms with Crippen LogP contribution in [0.5, 0.6) is 0 Å². The van der Waals surface area contributed by atoms with Crippen LogP contribution in [0.15, 0.2) is 40.8 Å². The van der Waals surface area contributed by atoms with Gasteiger partial charge in [0.25, 0.3) is 0 Å². The molecule has 2 aliphatic heterocycles. The van der Waals surface area contributed by atoms with E-state index in [1.165, 1.54) is 5.69 Å². The van der Waals surface area contributed by atoms with E-state index in [4.69, 9.17) is 9.15 Å². The number of nitrogens with zero attached hydrogens (tertiary/aromatic N) is 3. The first-order valence-electron chi connectivity index (χ1n) is 10.7. The van der Waals surface area contributed by atoms with E-state index < -0.39 is 0 Å². The van der Waals surface area contributed by atoms with Crippen LogP contribution in [0.1, 0.15) is 44.6 Å². The number of ether oxygens (including phenoxy) is 1. The van der Waals surface area contributed by atoms with Crippen molar-refractivity contribution in [3.8, 4) is 0 Å². The molecule has 3 heterocycles. The summed E-state index contributed by atoms with van der Waals surface area (Å²) in [6, 6.07) is 12.5. The lowest BCUT2D eigenvalue weighted by molar-refractivity contribution is 0.139. The predicted molar refractivity (Wildman–Crippen MR) is 115 cm³/mol. The number of cyclic esters (lactones) is 1. The number of carbonyl (C=O) groups is 1. The van der Waals surface area contributed by atoms with Crippen LogP contribution < -0.4 is 9.80 Å². The van der Waals surface area contributed by atoms with Crippen LogP contribution in [0.25, 0.3) is 0 Å². The molecule has 0 spiro atoms. The summed E-state index contributed by atoms with van der Waals surface area (Å²) in [5.74, 6) is 2.54. The number of rotatable bonds is 6. The maximum atomic E-state index is 12.0. The van der Waals surface area contributed by atoms with Crippen LogP contribution in [-0.4, -0.2) is 49.8 Å². The molecule has 1 unspecified atom stereocenters. The van der Waals surface area contributed by atoms with Crippen LogP contribution in [0.3, 0.4) is 0 Å². The van der Waals surface area contributed by atoms with Gasteiger partial charge in [0.1, 0.15) is 17.6 Å². The topological polar surface area (TPSA) is 49.2 Å². The molecule has 2 aromatic rings. The molecule has 1 aromatic heterocycles. The third kappa shape index (κ3) is 4.42. The lowest BCUT2D eigenvalue weighted by atomic mass is 10.2. The van der Waals surface area contributed by atoms with Crippen LogP contribution in [-0.2, 0) is 11.3 Å². The highest BCUT2D eigenvalue weighted by molar-refractivity contribution is 5.89. The van der Waals surface area contributed by atoms with Crippen LogP contribution in [0.4, 0.5) is 16.2 Å². The second-order valence-corrected chi connectivity index (χ2v) is 8.26. The smallest absolute Gasteiger partial charge is 0.414 e. The zero-order valence-corrected chi connectivity index (χ0v) is 17.6. The fourth-order valence-corrected chi connectivity index (χ4v) is 3.96. The minimum Gasteiger partial charge on any atom is -0.464 e. The largest absolute Gasteiger partial charge is 0.464 e. The molecule has 6 heteroatoms. The summed E-state index contributed by atoms with van der Waals surface area (Å²) >= 11 is 0. The van der Waals surface area contributed by atoms with E-state index in [-0.39, 0.29) is 12.2 Å². The summed E-state index contributed by atoms with van der Waals surface area (Å²) < 4.78 is 11.3. The van der Waals surface area contributed by atoms with Gasteiger partial charge in [-0.15, -0.1) is 0 Å². The second-order valence-electron chi connectivity index (χ2n) is 8.26. The molecule has 29 heavy (non-hydrogen) atoms. The zero-order valence-electron chi connectivity index (χ0n) is 17.6. The standard InChI is InChI=1S/C23H31N3O3/c1-4-20-16-26(23(27)29-20)19-7-5-18(6-8-19)25-13-11-24(12-14-25)15-21-9-10-22(28-21)17(2)3/h5-10,17,20H,4,11-16H2,1-3H3. The molecule has 1 atom stereocenters. The average Bonchev–Trinajstić information content (AvgIpc) is 3.35. The van der Waals surface area contributed by atoms with Gasteiger partial charge >= 0.3 is 6.09 Å². The van der Waals surface area contributed by atoms with Gasteiger partial charge in [0, 0.05) is 43.5 Å². The first-order valence-corrected chi connectivity index (χ1v) is 10.7. The van der Waals surface area contributed by atoms with Crippen molar-refractivity contribution in [2.24, 2.45) is 0 Å². The average molecular weight is 398 g/mol. The molecule has 2 fully saturated rings. The highest BCUT2D eigenvalue weighted by atomic mass is 16.6. The van der Waals surface area contributed by atoms with Crippen molar-refractivity contribution in [2.75, 3.05) is 42.5 Å². The first-order chi connectivity index (χ1) is 14.0. The second kappa shape index (κ2) is 8.49. The Hall–Kier alpha value is -2.47. The van der Waals surface area contributed by atoms with Gasteiger partial charge in [0.05, 0.1) is 13.1 Å². The van der Waals surface area contributed by atoms with Crippen molar-refractivity contribution >= 4 is 17.5 Å². The van der Waals surface area contributed by atoms with Gasteiger partial charge in [-0.2, -0.15) is 0 Å². The molecule has 156 valence electrons. The fraction of sp³-hybridized carbons (Fsp3) is 0.522. The quantitative estimate of drug-likeness (QED) is 0.720. The van der Waals surface area contributed by atoms with Crippen LogP contribution in [0, 0.1) is 0 Å². The summed E-state index contributed by atoms with van der Waals surface area (Å²) in [4.78, 5) is 18.6. The molecule has 1 amide bonds. The third-order valence-electron chi connectivity index (χ3n) is 5.86. The Bertz CT molecular complexity index is 822. The summed E-state index contributed by atoms with van der Waals surface area (Å²) in [7, 11) is 0. The number of furan rings is 1. The summed E-state index contributed by atoms with van der Waals surface area (Å²) in [6.07, 6.45) is 0.610. The van der Waals surface area contributed by atoms with E-state index in [1.54, 1.807) is 4.90 Å². The Morgan fingerprint density at radius 1 is 1.00 bits per heavy atom. The first kappa shape index (κ1) is 19.8. The molecule has 0 N–H and O–H groups in total. The maximum Gasteiger partial charge on any atom is 0.414 e. The molecule has 0 saturated carbocycles. The number of hydrogen-bond donors (Lipinski definition) is 0. The lowest BCUT2D eigenvalue weighted by Gasteiger charge is -2.35. The summed E-state index contributed by atoms with van der Waals surface area (Å²) in [6.45, 7) is 11.9. The number of amides is 1. The van der Waals surface area contributed by atoms with Gasteiger partial charge < -0.3 is 14.1 Å². The minimum atomic E-state index is -0.239.